The molecule has 6 heteroatoms. The number of nitrogens with zero attached hydrogens (tertiary/aromatic N) is 2. The van der Waals surface area contributed by atoms with Gasteiger partial charge in [-0.25, -0.2) is 9.98 Å². The number of ether oxygens (including phenoxy) is 3. The maximum Gasteiger partial charge on any atom is 0.231 e. The third kappa shape index (κ3) is 3.49. The molecule has 0 radical (unpaired) electrons. The summed E-state index contributed by atoms with van der Waals surface area (Å²) in [6.45, 7) is 2.91. The summed E-state index contributed by atoms with van der Waals surface area (Å²) in [5.74, 6) is 2.42. The number of allylic oxidation sites excluding steroid dienone is 1. The van der Waals surface area contributed by atoms with E-state index in [-0.39, 0.29) is 6.79 Å². The van der Waals surface area contributed by atoms with Crippen molar-refractivity contribution in [2.45, 2.75) is 6.92 Å². The number of aliphatic imine (C=N–C) groups is 1. The van der Waals surface area contributed by atoms with Gasteiger partial charge in [0.1, 0.15) is 5.75 Å². The van der Waals surface area contributed by atoms with E-state index in [0.717, 1.165) is 38.2 Å². The maximum absolute atomic E-state index is 5.51. The van der Waals surface area contributed by atoms with Gasteiger partial charge in [0.2, 0.25) is 11.9 Å². The lowest BCUT2D eigenvalue weighted by Crippen LogP contribution is -1.92. The molecule has 126 valence electrons. The number of rotatable bonds is 5. The van der Waals surface area contributed by atoms with Crippen molar-refractivity contribution >= 4 is 39.0 Å². The lowest BCUT2D eigenvalue weighted by Gasteiger charge is -2.00. The Morgan fingerprint density at radius 2 is 2.12 bits per heavy atom. The average Bonchev–Trinajstić information content (AvgIpc) is 3.24. The van der Waals surface area contributed by atoms with Gasteiger partial charge in [-0.15, -0.1) is 0 Å². The molecule has 0 saturated heterocycles. The first kappa shape index (κ1) is 15.7. The van der Waals surface area contributed by atoms with Crippen molar-refractivity contribution in [3.8, 4) is 17.2 Å². The van der Waals surface area contributed by atoms with Crippen LogP contribution >= 0.6 is 11.3 Å². The Kier molecular flexibility index (Phi) is 4.35. The minimum Gasteiger partial charge on any atom is -0.494 e. The molecule has 2 heterocycles. The monoisotopic (exact) mass is 352 g/mol. The lowest BCUT2D eigenvalue weighted by atomic mass is 10.2. The normalized spacial score (nSPS) is 13.3. The molecule has 0 amide bonds. The van der Waals surface area contributed by atoms with Crippen LogP contribution in [-0.2, 0) is 0 Å². The van der Waals surface area contributed by atoms with Gasteiger partial charge in [0.15, 0.2) is 11.5 Å². The fourth-order valence-electron chi connectivity index (χ4n) is 2.48. The van der Waals surface area contributed by atoms with Crippen LogP contribution in [0, 0.1) is 0 Å². The molecule has 0 atom stereocenters. The van der Waals surface area contributed by atoms with Crippen LogP contribution in [0.3, 0.4) is 0 Å². The zero-order valence-electron chi connectivity index (χ0n) is 13.6. The standard InChI is InChI=1S/C19H16N2O3S/c1-2-22-14-6-7-15-18(11-14)25-19(21-15)20-9-3-4-13-5-8-16-17(10-13)24-12-23-16/h3-11H,2,12H2,1H3/b4-3+,20-9?. The van der Waals surface area contributed by atoms with Gasteiger partial charge in [-0.2, -0.15) is 0 Å². The summed E-state index contributed by atoms with van der Waals surface area (Å²) in [4.78, 5) is 8.91. The van der Waals surface area contributed by atoms with E-state index < -0.39 is 0 Å². The van der Waals surface area contributed by atoms with Gasteiger partial charge < -0.3 is 14.2 Å². The number of fused-ring (bicyclic) bond motifs is 2. The van der Waals surface area contributed by atoms with E-state index in [1.807, 2.05) is 55.5 Å². The first-order valence-electron chi connectivity index (χ1n) is 7.95. The van der Waals surface area contributed by atoms with Crippen LogP contribution in [0.25, 0.3) is 16.3 Å². The summed E-state index contributed by atoms with van der Waals surface area (Å²) in [5, 5.41) is 0.721. The summed E-state index contributed by atoms with van der Waals surface area (Å²) >= 11 is 1.54. The third-order valence-corrected chi connectivity index (χ3v) is 4.54. The molecule has 3 aromatic rings. The molecule has 25 heavy (non-hydrogen) atoms. The highest BCUT2D eigenvalue weighted by Crippen LogP contribution is 2.33. The van der Waals surface area contributed by atoms with Gasteiger partial charge in [-0.05, 0) is 48.9 Å². The van der Waals surface area contributed by atoms with Crippen molar-refractivity contribution < 1.29 is 14.2 Å². The van der Waals surface area contributed by atoms with Crippen LogP contribution in [0.5, 0.6) is 17.2 Å². The molecule has 0 unspecified atom stereocenters. The van der Waals surface area contributed by atoms with Crippen molar-refractivity contribution in [1.82, 2.24) is 4.98 Å². The highest BCUT2D eigenvalue weighted by atomic mass is 32.1. The Bertz CT molecular complexity index is 962. The van der Waals surface area contributed by atoms with Crippen molar-refractivity contribution in [2.24, 2.45) is 4.99 Å². The molecule has 2 aromatic carbocycles. The fourth-order valence-corrected chi connectivity index (χ4v) is 3.33. The predicted octanol–water partition coefficient (Wildman–Crippen LogP) is 4.84. The largest absolute Gasteiger partial charge is 0.494 e. The van der Waals surface area contributed by atoms with Crippen molar-refractivity contribution in [1.29, 1.82) is 0 Å². The van der Waals surface area contributed by atoms with E-state index in [1.54, 1.807) is 17.6 Å². The number of thiazole rings is 1. The Labute approximate surface area is 149 Å². The Morgan fingerprint density at radius 3 is 3.04 bits per heavy atom. The van der Waals surface area contributed by atoms with E-state index >= 15 is 0 Å². The second-order valence-electron chi connectivity index (χ2n) is 5.31. The van der Waals surface area contributed by atoms with Crippen LogP contribution in [0.2, 0.25) is 0 Å². The van der Waals surface area contributed by atoms with E-state index in [0.29, 0.717) is 6.61 Å². The van der Waals surface area contributed by atoms with Crippen LogP contribution in [0.15, 0.2) is 47.5 Å². The number of hydrogen-bond acceptors (Lipinski definition) is 6. The molecule has 0 bridgehead atoms. The Morgan fingerprint density at radius 1 is 1.20 bits per heavy atom. The summed E-state index contributed by atoms with van der Waals surface area (Å²) in [7, 11) is 0. The third-order valence-electron chi connectivity index (χ3n) is 3.62. The topological polar surface area (TPSA) is 52.9 Å². The molecular weight excluding hydrogens is 336 g/mol. The fraction of sp³-hybridized carbons (Fsp3) is 0.158. The van der Waals surface area contributed by atoms with E-state index in [2.05, 4.69) is 9.98 Å². The molecule has 0 saturated carbocycles. The molecule has 0 aliphatic carbocycles. The average molecular weight is 352 g/mol. The second kappa shape index (κ2) is 6.94. The van der Waals surface area contributed by atoms with Crippen LogP contribution < -0.4 is 14.2 Å². The molecule has 0 spiro atoms. The van der Waals surface area contributed by atoms with Crippen molar-refractivity contribution in [3.05, 3.63) is 48.0 Å². The van der Waals surface area contributed by atoms with Gasteiger partial charge in [0, 0.05) is 6.21 Å². The summed E-state index contributed by atoms with van der Waals surface area (Å²) in [6, 6.07) is 11.7. The summed E-state index contributed by atoms with van der Waals surface area (Å²) in [5.41, 5.74) is 1.96. The molecule has 4 rings (SSSR count). The van der Waals surface area contributed by atoms with Gasteiger partial charge >= 0.3 is 0 Å². The van der Waals surface area contributed by atoms with Gasteiger partial charge in [0.25, 0.3) is 0 Å². The maximum atomic E-state index is 5.51. The summed E-state index contributed by atoms with van der Waals surface area (Å²) < 4.78 is 17.2. The van der Waals surface area contributed by atoms with Gasteiger partial charge in [-0.1, -0.05) is 23.5 Å². The molecule has 1 aromatic heterocycles. The SMILES string of the molecule is CCOc1ccc2nc(N=C/C=C/c3ccc4c(c3)OCO4)sc2c1. The molecule has 0 N–H and O–H groups in total. The molecule has 1 aliphatic rings. The Hall–Kier alpha value is -2.86. The van der Waals surface area contributed by atoms with Crippen molar-refractivity contribution in [2.75, 3.05) is 13.4 Å². The number of aromatic nitrogens is 1. The zero-order valence-corrected chi connectivity index (χ0v) is 14.5. The lowest BCUT2D eigenvalue weighted by molar-refractivity contribution is 0.174. The smallest absolute Gasteiger partial charge is 0.231 e. The van der Waals surface area contributed by atoms with Crippen LogP contribution in [0.1, 0.15) is 12.5 Å². The quantitative estimate of drug-likeness (QED) is 0.617. The van der Waals surface area contributed by atoms with E-state index in [4.69, 9.17) is 14.2 Å². The molecule has 5 nitrogen and oxygen atoms in total. The minimum absolute atomic E-state index is 0.284. The highest BCUT2D eigenvalue weighted by Gasteiger charge is 2.12. The first-order valence-corrected chi connectivity index (χ1v) is 8.77. The van der Waals surface area contributed by atoms with Crippen LogP contribution in [0.4, 0.5) is 5.13 Å². The first-order chi connectivity index (χ1) is 12.3. The zero-order chi connectivity index (χ0) is 17.1. The van der Waals surface area contributed by atoms with Crippen LogP contribution in [-0.4, -0.2) is 24.6 Å². The van der Waals surface area contributed by atoms with E-state index in [9.17, 15) is 0 Å². The molecule has 1 aliphatic heterocycles. The highest BCUT2D eigenvalue weighted by molar-refractivity contribution is 7.22. The van der Waals surface area contributed by atoms with Gasteiger partial charge in [-0.3, -0.25) is 0 Å². The number of hydrogen-bond donors (Lipinski definition) is 0. The van der Waals surface area contributed by atoms with Crippen molar-refractivity contribution in [3.63, 3.8) is 0 Å². The second-order valence-corrected chi connectivity index (χ2v) is 6.32. The van der Waals surface area contributed by atoms with E-state index in [1.165, 1.54) is 0 Å². The minimum atomic E-state index is 0.284. The molecule has 0 fully saturated rings. The molecular formula is C19H16N2O3S. The summed E-state index contributed by atoms with van der Waals surface area (Å²) in [6.07, 6.45) is 5.59. The Balaban J connectivity index is 1.47. The number of benzene rings is 2. The van der Waals surface area contributed by atoms with Gasteiger partial charge in [0.05, 0.1) is 16.8 Å². The predicted molar refractivity (Wildman–Crippen MR) is 101 cm³/mol.